The summed E-state index contributed by atoms with van der Waals surface area (Å²) in [5.74, 6) is 2.37. The molecular weight excluding hydrogens is 360 g/mol. The third-order valence-electron chi connectivity index (χ3n) is 6.75. The molecule has 4 bridgehead atoms. The summed E-state index contributed by atoms with van der Waals surface area (Å²) < 4.78 is 12.5. The van der Waals surface area contributed by atoms with Gasteiger partial charge in [-0.25, -0.2) is 0 Å². The van der Waals surface area contributed by atoms with Gasteiger partial charge < -0.3 is 13.7 Å². The molecule has 4 fully saturated rings. The molecule has 2 heterocycles. The van der Waals surface area contributed by atoms with Crippen LogP contribution in [0.2, 0.25) is 0 Å². The highest BCUT2D eigenvalue weighted by Crippen LogP contribution is 2.60. The topological polar surface area (TPSA) is 56.7 Å². The van der Waals surface area contributed by atoms with Crippen molar-refractivity contribution in [1.29, 1.82) is 0 Å². The maximum Gasteiger partial charge on any atom is 0.254 e. The van der Waals surface area contributed by atoms with Gasteiger partial charge in [0.25, 0.3) is 5.91 Å². The summed E-state index contributed by atoms with van der Waals surface area (Å²) in [6.45, 7) is 1.29. The predicted octanol–water partition coefficient (Wildman–Crippen LogP) is 4.10. The first kappa shape index (κ1) is 17.4. The molecule has 4 aliphatic carbocycles. The minimum atomic E-state index is -0.187. The summed E-state index contributed by atoms with van der Waals surface area (Å²) in [5, 5.41) is 0. The summed E-state index contributed by atoms with van der Waals surface area (Å²) in [4.78, 5) is 19.9. The summed E-state index contributed by atoms with van der Waals surface area (Å²) in [6, 6.07) is 1.94. The molecule has 0 radical (unpaired) electrons. The van der Waals surface area contributed by atoms with Gasteiger partial charge in [-0.2, -0.15) is 4.99 Å². The van der Waals surface area contributed by atoms with E-state index in [1.807, 2.05) is 6.07 Å². The van der Waals surface area contributed by atoms with Gasteiger partial charge in [0, 0.05) is 25.4 Å². The van der Waals surface area contributed by atoms with Crippen LogP contribution in [0.1, 0.15) is 38.5 Å². The number of rotatable bonds is 5. The van der Waals surface area contributed by atoms with Crippen LogP contribution in [-0.2, 0) is 16.1 Å². The zero-order valence-electron chi connectivity index (χ0n) is 15.7. The second kappa shape index (κ2) is 6.74. The third-order valence-corrected chi connectivity index (χ3v) is 7.82. The molecule has 4 saturated carbocycles. The Morgan fingerprint density at radius 2 is 2.00 bits per heavy atom. The van der Waals surface area contributed by atoms with E-state index in [1.54, 1.807) is 31.0 Å². The van der Waals surface area contributed by atoms with E-state index >= 15 is 0 Å². The molecule has 0 atom stereocenters. The molecule has 6 heteroatoms. The van der Waals surface area contributed by atoms with E-state index in [0.717, 1.165) is 52.3 Å². The van der Waals surface area contributed by atoms with Gasteiger partial charge >= 0.3 is 0 Å². The number of carbonyl (C=O) groups excluding carboxylic acids is 1. The monoisotopic (exact) mass is 386 g/mol. The van der Waals surface area contributed by atoms with Gasteiger partial charge in [0.05, 0.1) is 29.4 Å². The van der Waals surface area contributed by atoms with E-state index in [4.69, 9.17) is 9.15 Å². The van der Waals surface area contributed by atoms with Crippen molar-refractivity contribution in [2.24, 2.45) is 28.2 Å². The highest BCUT2D eigenvalue weighted by atomic mass is 32.1. The Hall–Kier alpha value is -1.66. The Labute approximate surface area is 163 Å². The minimum absolute atomic E-state index is 0.119. The largest absolute Gasteiger partial charge is 0.472 e. The van der Waals surface area contributed by atoms with E-state index in [0.29, 0.717) is 13.2 Å². The molecule has 0 spiro atoms. The number of amides is 1. The van der Waals surface area contributed by atoms with Crippen molar-refractivity contribution < 1.29 is 13.9 Å². The quantitative estimate of drug-likeness (QED) is 0.777. The van der Waals surface area contributed by atoms with Crippen LogP contribution in [0.25, 0.3) is 10.4 Å². The Morgan fingerprint density at radius 1 is 1.30 bits per heavy atom. The number of methoxy groups -OCH3 is 1. The van der Waals surface area contributed by atoms with Gasteiger partial charge in [-0.05, 0) is 62.3 Å². The van der Waals surface area contributed by atoms with Crippen molar-refractivity contribution in [3.05, 3.63) is 29.6 Å². The lowest BCUT2D eigenvalue weighted by Gasteiger charge is -2.55. The molecular formula is C21H26N2O3S. The molecule has 0 saturated heterocycles. The number of hydrogen-bond donors (Lipinski definition) is 0. The summed E-state index contributed by atoms with van der Waals surface area (Å²) in [5.41, 5.74) is 0.836. The van der Waals surface area contributed by atoms with E-state index in [-0.39, 0.29) is 11.3 Å². The molecule has 2 aromatic rings. The standard InChI is InChI=1S/C21H26N2O3S/c1-25-5-3-23-12-18(17-2-4-26-13-17)27-20(23)22-19(24)21-9-14-6-15(10-21)8-16(7-14)11-21/h2,4,12-16H,3,5-11H2,1H3/b22-20-. The maximum atomic E-state index is 13.4. The second-order valence-corrected chi connectivity index (χ2v) is 9.70. The lowest BCUT2D eigenvalue weighted by molar-refractivity contribution is -0.142. The van der Waals surface area contributed by atoms with Crippen molar-refractivity contribution in [2.75, 3.05) is 13.7 Å². The average molecular weight is 387 g/mol. The fourth-order valence-corrected chi connectivity index (χ4v) is 6.93. The van der Waals surface area contributed by atoms with Gasteiger partial charge in [0.2, 0.25) is 0 Å². The van der Waals surface area contributed by atoms with Gasteiger partial charge in [0.1, 0.15) is 0 Å². The molecule has 0 aromatic carbocycles. The molecule has 144 valence electrons. The minimum Gasteiger partial charge on any atom is -0.472 e. The molecule has 2 aromatic heterocycles. The first-order valence-corrected chi connectivity index (χ1v) is 10.8. The molecule has 0 N–H and O–H groups in total. The van der Waals surface area contributed by atoms with Crippen LogP contribution in [0, 0.1) is 23.2 Å². The maximum absolute atomic E-state index is 13.4. The number of hydrogen-bond acceptors (Lipinski definition) is 4. The van der Waals surface area contributed by atoms with Crippen LogP contribution < -0.4 is 4.80 Å². The molecule has 5 nitrogen and oxygen atoms in total. The van der Waals surface area contributed by atoms with E-state index < -0.39 is 0 Å². The van der Waals surface area contributed by atoms with Crippen molar-refractivity contribution in [3.63, 3.8) is 0 Å². The smallest absolute Gasteiger partial charge is 0.254 e. The van der Waals surface area contributed by atoms with E-state index in [2.05, 4.69) is 15.8 Å². The molecule has 6 rings (SSSR count). The normalized spacial score (nSPS) is 32.3. The van der Waals surface area contributed by atoms with Crippen molar-refractivity contribution in [1.82, 2.24) is 4.57 Å². The SMILES string of the molecule is COCCn1cc(-c2ccoc2)s/c1=N\C(=O)C12CC3CC(CC(C3)C1)C2. The molecule has 0 aliphatic heterocycles. The lowest BCUT2D eigenvalue weighted by Crippen LogP contribution is -2.49. The number of carbonyl (C=O) groups is 1. The first-order valence-electron chi connectivity index (χ1n) is 9.96. The van der Waals surface area contributed by atoms with Gasteiger partial charge in [-0.15, -0.1) is 0 Å². The Morgan fingerprint density at radius 3 is 2.59 bits per heavy atom. The molecule has 4 aliphatic rings. The van der Waals surface area contributed by atoms with Gasteiger partial charge in [0.15, 0.2) is 4.80 Å². The Balaban J connectivity index is 1.49. The fourth-order valence-electron chi connectivity index (χ4n) is 5.93. The zero-order valence-corrected chi connectivity index (χ0v) is 16.5. The van der Waals surface area contributed by atoms with E-state index in [1.165, 1.54) is 19.3 Å². The number of aromatic nitrogens is 1. The van der Waals surface area contributed by atoms with E-state index in [9.17, 15) is 4.79 Å². The summed E-state index contributed by atoms with van der Waals surface area (Å²) in [6.07, 6.45) is 12.6. The highest BCUT2D eigenvalue weighted by molar-refractivity contribution is 7.12. The Kier molecular flexibility index (Phi) is 4.36. The Bertz CT molecular complexity index is 858. The summed E-state index contributed by atoms with van der Waals surface area (Å²) in [7, 11) is 1.70. The highest BCUT2D eigenvalue weighted by Gasteiger charge is 2.54. The number of ether oxygens (including phenoxy) is 1. The number of thiazole rings is 1. The van der Waals surface area contributed by atoms with Crippen molar-refractivity contribution in [2.45, 2.75) is 45.1 Å². The summed E-state index contributed by atoms with van der Waals surface area (Å²) >= 11 is 1.56. The number of nitrogens with zero attached hydrogens (tertiary/aromatic N) is 2. The second-order valence-electron chi connectivity index (χ2n) is 8.69. The van der Waals surface area contributed by atoms with Crippen LogP contribution in [0.3, 0.4) is 0 Å². The first-order chi connectivity index (χ1) is 13.1. The lowest BCUT2D eigenvalue weighted by atomic mass is 9.49. The van der Waals surface area contributed by atoms with Crippen LogP contribution in [-0.4, -0.2) is 24.2 Å². The van der Waals surface area contributed by atoms with Crippen molar-refractivity contribution >= 4 is 17.2 Å². The molecule has 27 heavy (non-hydrogen) atoms. The predicted molar refractivity (Wildman–Crippen MR) is 103 cm³/mol. The van der Waals surface area contributed by atoms with Crippen LogP contribution in [0.5, 0.6) is 0 Å². The van der Waals surface area contributed by atoms with Crippen LogP contribution >= 0.6 is 11.3 Å². The molecule has 0 unspecified atom stereocenters. The average Bonchev–Trinajstić information content (AvgIpc) is 3.28. The number of furan rings is 1. The van der Waals surface area contributed by atoms with Crippen LogP contribution in [0.15, 0.2) is 34.2 Å². The zero-order chi connectivity index (χ0) is 18.4. The van der Waals surface area contributed by atoms with Crippen molar-refractivity contribution in [3.8, 4) is 10.4 Å². The fraction of sp³-hybridized carbons (Fsp3) is 0.619. The van der Waals surface area contributed by atoms with Gasteiger partial charge in [-0.1, -0.05) is 11.3 Å². The van der Waals surface area contributed by atoms with Gasteiger partial charge in [-0.3, -0.25) is 4.79 Å². The van der Waals surface area contributed by atoms with Crippen LogP contribution in [0.4, 0.5) is 0 Å². The third kappa shape index (κ3) is 3.13. The molecule has 1 amide bonds.